The Balaban J connectivity index is 1.87. The molecule has 2 rings (SSSR count). The highest BCUT2D eigenvalue weighted by Crippen LogP contribution is 2.28. The zero-order valence-electron chi connectivity index (χ0n) is 13.2. The maximum atomic E-state index is 11.7. The predicted octanol–water partition coefficient (Wildman–Crippen LogP) is 1.80. The lowest BCUT2D eigenvalue weighted by Gasteiger charge is -2.16. The van der Waals surface area contributed by atoms with Crippen LogP contribution in [0, 0.1) is 0 Å². The number of benzene rings is 1. The van der Waals surface area contributed by atoms with Gasteiger partial charge in [-0.05, 0) is 44.6 Å². The van der Waals surface area contributed by atoms with Crippen LogP contribution in [0.1, 0.15) is 18.1 Å². The van der Waals surface area contributed by atoms with Gasteiger partial charge in [0.15, 0.2) is 0 Å². The van der Waals surface area contributed by atoms with Crippen molar-refractivity contribution in [2.45, 2.75) is 19.9 Å². The van der Waals surface area contributed by atoms with E-state index in [2.05, 4.69) is 35.3 Å². The van der Waals surface area contributed by atoms with Crippen LogP contribution < -0.4 is 10.2 Å². The molecule has 0 saturated carbocycles. The van der Waals surface area contributed by atoms with Crippen molar-refractivity contribution in [3.05, 3.63) is 41.5 Å². The molecule has 1 amide bonds. The number of anilines is 1. The van der Waals surface area contributed by atoms with Crippen LogP contribution in [-0.4, -0.2) is 44.5 Å². The topological polar surface area (TPSA) is 35.6 Å². The molecule has 0 aliphatic carbocycles. The van der Waals surface area contributed by atoms with Crippen molar-refractivity contribution >= 4 is 11.6 Å². The van der Waals surface area contributed by atoms with Gasteiger partial charge in [0.05, 0.1) is 0 Å². The van der Waals surface area contributed by atoms with E-state index in [0.717, 1.165) is 26.1 Å². The highest BCUT2D eigenvalue weighted by molar-refractivity contribution is 5.87. The predicted molar refractivity (Wildman–Crippen MR) is 87.6 cm³/mol. The van der Waals surface area contributed by atoms with Crippen LogP contribution in [-0.2, 0) is 17.8 Å². The highest BCUT2D eigenvalue weighted by atomic mass is 16.1. The summed E-state index contributed by atoms with van der Waals surface area (Å²) in [6.45, 7) is 5.71. The molecule has 1 heterocycles. The van der Waals surface area contributed by atoms with E-state index in [9.17, 15) is 4.79 Å². The smallest absolute Gasteiger partial charge is 0.243 e. The van der Waals surface area contributed by atoms with E-state index < -0.39 is 0 Å². The molecule has 114 valence electrons. The lowest BCUT2D eigenvalue weighted by molar-refractivity contribution is -0.116. The van der Waals surface area contributed by atoms with Crippen molar-refractivity contribution in [1.82, 2.24) is 10.2 Å². The molecule has 21 heavy (non-hydrogen) atoms. The Hall–Kier alpha value is -1.81. The summed E-state index contributed by atoms with van der Waals surface area (Å²) in [5, 5.41) is 2.93. The van der Waals surface area contributed by atoms with Crippen LogP contribution in [0.15, 0.2) is 30.4 Å². The summed E-state index contributed by atoms with van der Waals surface area (Å²) in [7, 11) is 3.96. The normalized spacial score (nSPS) is 14.0. The molecule has 0 atom stereocenters. The second kappa shape index (κ2) is 7.27. The van der Waals surface area contributed by atoms with Crippen molar-refractivity contribution in [1.29, 1.82) is 0 Å². The van der Waals surface area contributed by atoms with Crippen LogP contribution in [0.5, 0.6) is 0 Å². The summed E-state index contributed by atoms with van der Waals surface area (Å²) in [6.07, 6.45) is 4.58. The van der Waals surface area contributed by atoms with Gasteiger partial charge >= 0.3 is 0 Å². The van der Waals surface area contributed by atoms with E-state index >= 15 is 0 Å². The summed E-state index contributed by atoms with van der Waals surface area (Å²) in [6, 6.07) is 6.50. The molecular weight excluding hydrogens is 262 g/mol. The number of carbonyl (C=O) groups is 1. The number of hydrogen-bond acceptors (Lipinski definition) is 3. The molecular formula is C17H25N3O. The van der Waals surface area contributed by atoms with Gasteiger partial charge in [-0.3, -0.25) is 4.79 Å². The van der Waals surface area contributed by atoms with Gasteiger partial charge in [-0.2, -0.15) is 0 Å². The van der Waals surface area contributed by atoms with E-state index in [0.29, 0.717) is 6.54 Å². The Morgan fingerprint density at radius 2 is 2.24 bits per heavy atom. The fourth-order valence-corrected chi connectivity index (χ4v) is 2.58. The van der Waals surface area contributed by atoms with Crippen molar-refractivity contribution in [3.63, 3.8) is 0 Å². The Morgan fingerprint density at radius 3 is 2.95 bits per heavy atom. The molecule has 1 aliphatic heterocycles. The van der Waals surface area contributed by atoms with Gasteiger partial charge in [-0.1, -0.05) is 18.2 Å². The number of fused-ring (bicyclic) bond motifs is 1. The minimum atomic E-state index is -0.0347. The summed E-state index contributed by atoms with van der Waals surface area (Å²) >= 11 is 0. The maximum absolute atomic E-state index is 11.7. The number of likely N-dealkylation sites (N-methyl/N-ethyl adjacent to an activating group) is 2. The molecule has 1 aromatic carbocycles. The van der Waals surface area contributed by atoms with Gasteiger partial charge in [0, 0.05) is 37.9 Å². The molecule has 1 aliphatic rings. The van der Waals surface area contributed by atoms with Crippen LogP contribution in [0.4, 0.5) is 5.69 Å². The molecule has 0 fully saturated rings. The molecule has 4 nitrogen and oxygen atoms in total. The van der Waals surface area contributed by atoms with Gasteiger partial charge in [0.25, 0.3) is 0 Å². The van der Waals surface area contributed by atoms with Crippen LogP contribution in [0.3, 0.4) is 0 Å². The van der Waals surface area contributed by atoms with E-state index in [-0.39, 0.29) is 5.91 Å². The number of amides is 1. The zero-order chi connectivity index (χ0) is 15.2. The molecule has 1 aromatic rings. The van der Waals surface area contributed by atoms with Crippen molar-refractivity contribution in [2.24, 2.45) is 0 Å². The Morgan fingerprint density at radius 1 is 1.43 bits per heavy atom. The number of carbonyl (C=O) groups excluding carboxylic acids is 1. The average Bonchev–Trinajstić information content (AvgIpc) is 2.87. The second-order valence-electron chi connectivity index (χ2n) is 5.68. The Kier molecular flexibility index (Phi) is 5.39. The first-order valence-corrected chi connectivity index (χ1v) is 7.56. The summed E-state index contributed by atoms with van der Waals surface area (Å²) < 4.78 is 0. The Bertz CT molecular complexity index is 523. The third-order valence-electron chi connectivity index (χ3n) is 3.72. The summed E-state index contributed by atoms with van der Waals surface area (Å²) in [5.74, 6) is -0.0347. The first-order valence-electron chi connectivity index (χ1n) is 7.56. The van der Waals surface area contributed by atoms with Gasteiger partial charge in [0.2, 0.25) is 5.91 Å². The maximum Gasteiger partial charge on any atom is 0.243 e. The van der Waals surface area contributed by atoms with Crippen LogP contribution in [0.2, 0.25) is 0 Å². The third kappa shape index (κ3) is 4.33. The zero-order valence-corrected chi connectivity index (χ0v) is 13.2. The first kappa shape index (κ1) is 15.6. The molecule has 0 radical (unpaired) electrons. The van der Waals surface area contributed by atoms with Gasteiger partial charge in [-0.25, -0.2) is 0 Å². The summed E-state index contributed by atoms with van der Waals surface area (Å²) in [4.78, 5) is 16.1. The first-order chi connectivity index (χ1) is 10.1. The fourth-order valence-electron chi connectivity index (χ4n) is 2.58. The monoisotopic (exact) mass is 287 g/mol. The minimum Gasteiger partial charge on any atom is -0.371 e. The molecule has 1 N–H and O–H groups in total. The SMILES string of the molecule is CCN1CCc2cc(CNC(=O)/C=C/CN(C)C)ccc21. The second-order valence-corrected chi connectivity index (χ2v) is 5.68. The van der Waals surface area contributed by atoms with E-state index in [1.54, 1.807) is 6.08 Å². The Labute approximate surface area is 127 Å². The van der Waals surface area contributed by atoms with E-state index in [1.165, 1.54) is 16.8 Å². The minimum absolute atomic E-state index is 0.0347. The van der Waals surface area contributed by atoms with E-state index in [4.69, 9.17) is 0 Å². The lowest BCUT2D eigenvalue weighted by atomic mass is 10.1. The molecule has 0 saturated heterocycles. The fraction of sp³-hybridized carbons (Fsp3) is 0.471. The molecule has 0 bridgehead atoms. The average molecular weight is 287 g/mol. The van der Waals surface area contributed by atoms with Gasteiger partial charge in [-0.15, -0.1) is 0 Å². The molecule has 4 heteroatoms. The van der Waals surface area contributed by atoms with Crippen molar-refractivity contribution in [3.8, 4) is 0 Å². The number of nitrogens with zero attached hydrogens (tertiary/aromatic N) is 2. The molecule has 0 aromatic heterocycles. The van der Waals surface area contributed by atoms with Gasteiger partial charge in [0.1, 0.15) is 0 Å². The standard InChI is InChI=1S/C17H25N3O/c1-4-20-11-9-15-12-14(7-8-16(15)20)13-18-17(21)6-5-10-19(2)3/h5-8,12H,4,9-11,13H2,1-3H3,(H,18,21)/b6-5+. The van der Waals surface area contributed by atoms with Crippen LogP contribution in [0.25, 0.3) is 0 Å². The van der Waals surface area contributed by atoms with Crippen molar-refractivity contribution < 1.29 is 4.79 Å². The van der Waals surface area contributed by atoms with Crippen LogP contribution >= 0.6 is 0 Å². The van der Waals surface area contributed by atoms with E-state index in [1.807, 2.05) is 25.1 Å². The molecule has 0 spiro atoms. The number of hydrogen-bond donors (Lipinski definition) is 1. The quantitative estimate of drug-likeness (QED) is 0.811. The van der Waals surface area contributed by atoms with Crippen molar-refractivity contribution in [2.75, 3.05) is 38.6 Å². The highest BCUT2D eigenvalue weighted by Gasteiger charge is 2.17. The van der Waals surface area contributed by atoms with Gasteiger partial charge < -0.3 is 15.1 Å². The number of rotatable bonds is 6. The molecule has 0 unspecified atom stereocenters. The number of nitrogens with one attached hydrogen (secondary N) is 1. The third-order valence-corrected chi connectivity index (χ3v) is 3.72. The largest absolute Gasteiger partial charge is 0.371 e. The lowest BCUT2D eigenvalue weighted by Crippen LogP contribution is -2.21. The summed E-state index contributed by atoms with van der Waals surface area (Å²) in [5.41, 5.74) is 3.91.